The van der Waals surface area contributed by atoms with Crippen LogP contribution in [0.3, 0.4) is 0 Å². The Morgan fingerprint density at radius 1 is 0.880 bits per heavy atom. The van der Waals surface area contributed by atoms with Crippen LogP contribution >= 0.6 is 0 Å². The maximum atomic E-state index is 12.2. The molecule has 1 N–H and O–H groups in total. The summed E-state index contributed by atoms with van der Waals surface area (Å²) in [5.41, 5.74) is 0.633. The lowest BCUT2D eigenvalue weighted by molar-refractivity contribution is -0.139. The van der Waals surface area contributed by atoms with Gasteiger partial charge in [0.1, 0.15) is 6.04 Å². The van der Waals surface area contributed by atoms with Gasteiger partial charge in [0.05, 0.1) is 5.69 Å². The normalized spacial score (nSPS) is 12.7. The van der Waals surface area contributed by atoms with Crippen molar-refractivity contribution in [1.82, 2.24) is 0 Å². The summed E-state index contributed by atoms with van der Waals surface area (Å²) in [6.07, 6.45) is 0. The quantitative estimate of drug-likeness (QED) is 0.566. The lowest BCUT2D eigenvalue weighted by atomic mass is 9.93. The van der Waals surface area contributed by atoms with E-state index >= 15 is 0 Å². The summed E-state index contributed by atoms with van der Waals surface area (Å²) < 4.78 is 0. The molecule has 4 nitrogen and oxygen atoms in total. The number of hydrogen-bond donors (Lipinski definition) is 1. The third-order valence-corrected chi connectivity index (χ3v) is 4.85. The van der Waals surface area contributed by atoms with Crippen molar-refractivity contribution in [3.8, 4) is 0 Å². The van der Waals surface area contributed by atoms with Gasteiger partial charge >= 0.3 is 5.97 Å². The first-order valence-electron chi connectivity index (χ1n) is 8.18. The summed E-state index contributed by atoms with van der Waals surface area (Å²) in [6.45, 7) is 2.93. The Balaban J connectivity index is 2.11. The van der Waals surface area contributed by atoms with Crippen molar-refractivity contribution in [2.24, 2.45) is 0 Å². The molecular formula is C21H17NO3. The summed E-state index contributed by atoms with van der Waals surface area (Å²) in [5.74, 6) is -1.31. The van der Waals surface area contributed by atoms with Crippen LogP contribution in [0.4, 0.5) is 5.69 Å². The fourth-order valence-corrected chi connectivity index (χ4v) is 3.69. The van der Waals surface area contributed by atoms with Crippen molar-refractivity contribution < 1.29 is 14.7 Å². The van der Waals surface area contributed by atoms with Crippen LogP contribution in [0.25, 0.3) is 32.3 Å². The molecule has 0 heterocycles. The molecule has 4 aromatic rings. The van der Waals surface area contributed by atoms with E-state index in [2.05, 4.69) is 24.3 Å². The highest BCUT2D eigenvalue weighted by molar-refractivity contribution is 6.26. The molecule has 0 aliphatic carbocycles. The average Bonchev–Trinajstić information content (AvgIpc) is 2.60. The van der Waals surface area contributed by atoms with Gasteiger partial charge in [0, 0.05) is 12.3 Å². The van der Waals surface area contributed by atoms with Crippen molar-refractivity contribution >= 4 is 49.9 Å². The Morgan fingerprint density at radius 3 is 2.04 bits per heavy atom. The summed E-state index contributed by atoms with van der Waals surface area (Å²) in [5, 5.41) is 15.9. The standard InChI is InChI=1S/C21H17NO3/c1-12(21(24)25)22(13(2)23)18-11-9-16-7-6-14-4-3-5-15-8-10-17(18)20(16)19(14)15/h3-12H,1-2H3,(H,24,25)/t12-/m0/s1. The van der Waals surface area contributed by atoms with Crippen LogP contribution in [-0.4, -0.2) is 23.0 Å². The number of carbonyl (C=O) groups excluding carboxylic acids is 1. The number of carboxylic acid groups (broad SMARTS) is 1. The molecule has 0 aliphatic rings. The zero-order chi connectivity index (χ0) is 17.7. The van der Waals surface area contributed by atoms with Gasteiger partial charge < -0.3 is 5.11 Å². The monoisotopic (exact) mass is 331 g/mol. The number of carboxylic acids is 1. The fraction of sp³-hybridized carbons (Fsp3) is 0.143. The molecular weight excluding hydrogens is 314 g/mol. The minimum Gasteiger partial charge on any atom is -0.480 e. The van der Waals surface area contributed by atoms with Gasteiger partial charge in [0.25, 0.3) is 0 Å². The number of carbonyl (C=O) groups is 2. The average molecular weight is 331 g/mol. The minimum absolute atomic E-state index is 0.287. The Morgan fingerprint density at radius 2 is 1.44 bits per heavy atom. The van der Waals surface area contributed by atoms with Crippen LogP contribution in [0.5, 0.6) is 0 Å². The van der Waals surface area contributed by atoms with Gasteiger partial charge in [0.2, 0.25) is 5.91 Å². The molecule has 1 atom stereocenters. The van der Waals surface area contributed by atoms with E-state index in [0.29, 0.717) is 5.69 Å². The second kappa shape index (κ2) is 5.45. The first-order valence-corrected chi connectivity index (χ1v) is 8.18. The molecule has 0 saturated heterocycles. The smallest absolute Gasteiger partial charge is 0.326 e. The summed E-state index contributed by atoms with van der Waals surface area (Å²) >= 11 is 0. The maximum Gasteiger partial charge on any atom is 0.326 e. The van der Waals surface area contributed by atoms with E-state index in [1.807, 2.05) is 30.3 Å². The topological polar surface area (TPSA) is 57.6 Å². The van der Waals surface area contributed by atoms with Crippen molar-refractivity contribution in [3.63, 3.8) is 0 Å². The third kappa shape index (κ3) is 2.22. The SMILES string of the molecule is CC(=O)N(c1ccc2ccc3cccc4ccc1c2c34)[C@@H](C)C(=O)O. The van der Waals surface area contributed by atoms with E-state index in [4.69, 9.17) is 0 Å². The van der Waals surface area contributed by atoms with Crippen LogP contribution in [-0.2, 0) is 9.59 Å². The number of rotatable bonds is 3. The van der Waals surface area contributed by atoms with Crippen LogP contribution in [0, 0.1) is 0 Å². The highest BCUT2D eigenvalue weighted by Gasteiger charge is 2.26. The molecule has 4 aromatic carbocycles. The van der Waals surface area contributed by atoms with Gasteiger partial charge in [-0.1, -0.05) is 48.5 Å². The lowest BCUT2D eigenvalue weighted by Gasteiger charge is -2.27. The Hall–Kier alpha value is -3.14. The van der Waals surface area contributed by atoms with E-state index in [0.717, 1.165) is 32.3 Å². The number of amides is 1. The zero-order valence-corrected chi connectivity index (χ0v) is 14.0. The highest BCUT2D eigenvalue weighted by Crippen LogP contribution is 2.39. The Kier molecular flexibility index (Phi) is 3.35. The van der Waals surface area contributed by atoms with Crippen molar-refractivity contribution in [2.75, 3.05) is 4.90 Å². The van der Waals surface area contributed by atoms with E-state index in [9.17, 15) is 14.7 Å². The van der Waals surface area contributed by atoms with E-state index in [-0.39, 0.29) is 5.91 Å². The summed E-state index contributed by atoms with van der Waals surface area (Å²) in [4.78, 5) is 25.1. The van der Waals surface area contributed by atoms with Gasteiger partial charge in [-0.2, -0.15) is 0 Å². The Bertz CT molecular complexity index is 1120. The lowest BCUT2D eigenvalue weighted by Crippen LogP contribution is -2.42. The van der Waals surface area contributed by atoms with E-state index in [1.165, 1.54) is 18.7 Å². The number of anilines is 1. The molecule has 0 fully saturated rings. The van der Waals surface area contributed by atoms with Crippen molar-refractivity contribution in [3.05, 3.63) is 54.6 Å². The largest absolute Gasteiger partial charge is 0.480 e. The fourth-order valence-electron chi connectivity index (χ4n) is 3.69. The molecule has 0 unspecified atom stereocenters. The van der Waals surface area contributed by atoms with Gasteiger partial charge in [-0.05, 0) is 39.9 Å². The third-order valence-electron chi connectivity index (χ3n) is 4.85. The van der Waals surface area contributed by atoms with Gasteiger partial charge in [0.15, 0.2) is 0 Å². The molecule has 0 aromatic heterocycles. The summed E-state index contributed by atoms with van der Waals surface area (Å²) in [7, 11) is 0. The van der Waals surface area contributed by atoms with E-state index < -0.39 is 12.0 Å². The second-order valence-electron chi connectivity index (χ2n) is 6.34. The van der Waals surface area contributed by atoms with Crippen molar-refractivity contribution in [1.29, 1.82) is 0 Å². The minimum atomic E-state index is -1.03. The van der Waals surface area contributed by atoms with Crippen LogP contribution < -0.4 is 4.90 Å². The van der Waals surface area contributed by atoms with Crippen LogP contribution in [0.1, 0.15) is 13.8 Å². The van der Waals surface area contributed by atoms with Crippen LogP contribution in [0.15, 0.2) is 54.6 Å². The molecule has 4 rings (SSSR count). The predicted molar refractivity (Wildman–Crippen MR) is 100 cm³/mol. The molecule has 0 bridgehead atoms. The first kappa shape index (κ1) is 15.4. The summed E-state index contributed by atoms with van der Waals surface area (Å²) in [6, 6.07) is 17.2. The van der Waals surface area contributed by atoms with Crippen LogP contribution in [0.2, 0.25) is 0 Å². The predicted octanol–water partition coefficient (Wildman–Crippen LogP) is 4.41. The van der Waals surface area contributed by atoms with Gasteiger partial charge in [-0.15, -0.1) is 0 Å². The molecule has 0 spiro atoms. The molecule has 0 aliphatic heterocycles. The molecule has 4 heteroatoms. The molecule has 0 radical (unpaired) electrons. The zero-order valence-electron chi connectivity index (χ0n) is 14.0. The number of hydrogen-bond acceptors (Lipinski definition) is 2. The first-order chi connectivity index (χ1) is 12.0. The van der Waals surface area contributed by atoms with Gasteiger partial charge in [-0.25, -0.2) is 4.79 Å². The van der Waals surface area contributed by atoms with Gasteiger partial charge in [-0.3, -0.25) is 9.69 Å². The number of nitrogens with zero attached hydrogens (tertiary/aromatic N) is 1. The Labute approximate surface area is 144 Å². The highest BCUT2D eigenvalue weighted by atomic mass is 16.4. The molecule has 124 valence electrons. The molecule has 25 heavy (non-hydrogen) atoms. The second-order valence-corrected chi connectivity index (χ2v) is 6.34. The van der Waals surface area contributed by atoms with Crippen molar-refractivity contribution in [2.45, 2.75) is 19.9 Å². The van der Waals surface area contributed by atoms with E-state index in [1.54, 1.807) is 0 Å². The molecule has 0 saturated carbocycles. The number of benzene rings is 4. The maximum absolute atomic E-state index is 12.2. The number of aliphatic carboxylic acids is 1. The molecule has 1 amide bonds.